The minimum Gasteiger partial charge on any atom is -0.508 e. The van der Waals surface area contributed by atoms with Crippen LogP contribution in [0.15, 0.2) is 54.6 Å². The molecule has 0 unspecified atom stereocenters. The average molecular weight is 563 g/mol. The fourth-order valence-corrected chi connectivity index (χ4v) is 3.84. The summed E-state index contributed by atoms with van der Waals surface area (Å²) in [5.41, 5.74) is 8.85. The van der Waals surface area contributed by atoms with Crippen LogP contribution in [0.1, 0.15) is 46.4 Å². The minimum atomic E-state index is -0.00269. The van der Waals surface area contributed by atoms with E-state index in [-0.39, 0.29) is 48.7 Å². The van der Waals surface area contributed by atoms with Crippen LogP contribution in [0.3, 0.4) is 0 Å². The molecule has 0 aliphatic carbocycles. The molecule has 0 bridgehead atoms. The van der Waals surface area contributed by atoms with E-state index in [0.29, 0.717) is 34.1 Å². The molecule has 1 aliphatic heterocycles. The summed E-state index contributed by atoms with van der Waals surface area (Å²) in [7, 11) is 0. The second kappa shape index (κ2) is 20.0. The highest BCUT2D eigenvalue weighted by molar-refractivity contribution is 6.32. The van der Waals surface area contributed by atoms with Crippen LogP contribution >= 0.6 is 34.8 Å². The Labute approximate surface area is 232 Å². The minimum absolute atomic E-state index is 0. The van der Waals surface area contributed by atoms with Crippen molar-refractivity contribution in [3.63, 3.8) is 0 Å². The zero-order valence-electron chi connectivity index (χ0n) is 17.4. The number of aliphatic hydroxyl groups excluding tert-OH is 2. The van der Waals surface area contributed by atoms with Crippen LogP contribution in [0.25, 0.3) is 0 Å². The largest absolute Gasteiger partial charge is 0.508 e. The molecule has 5 N–H and O–H groups in total. The van der Waals surface area contributed by atoms with Crippen molar-refractivity contribution in [2.45, 2.75) is 49.0 Å². The smallest absolute Gasteiger partial charge is 0.124 e. The number of fused-ring (bicyclic) bond motifs is 1. The number of hydrogen-bond donors (Lipinski definition) is 4. The number of ether oxygens (including phenoxy) is 1. The van der Waals surface area contributed by atoms with Crippen molar-refractivity contribution in [1.82, 2.24) is 0 Å². The van der Waals surface area contributed by atoms with Crippen LogP contribution in [0, 0.1) is 0 Å². The van der Waals surface area contributed by atoms with Gasteiger partial charge in [0.2, 0.25) is 0 Å². The van der Waals surface area contributed by atoms with Crippen LogP contribution in [-0.4, -0.2) is 35.1 Å². The summed E-state index contributed by atoms with van der Waals surface area (Å²) in [6.45, 7) is 0.851. The summed E-state index contributed by atoms with van der Waals surface area (Å²) in [5.74, 6) is 1.10. The molecule has 3 aromatic rings. The van der Waals surface area contributed by atoms with Gasteiger partial charge in [-0.1, -0.05) is 82.7 Å². The Hall–Kier alpha value is -2.15. The molecule has 0 spiro atoms. The first-order valence-electron chi connectivity index (χ1n) is 10.00. The van der Waals surface area contributed by atoms with Crippen molar-refractivity contribution in [1.29, 1.82) is 0 Å². The SMILES string of the molecule is C.C.C.C.Clc1cccc2c1CCO2.Nc1cccc(Cl)c1CCO.OCCc1c(O)cccc1Cl. The summed E-state index contributed by atoms with van der Waals surface area (Å²) < 4.78 is 5.29. The third kappa shape index (κ3) is 11.3. The Balaban J connectivity index is -0.000000430. The first kappa shape index (κ1) is 38.4. The third-order valence-corrected chi connectivity index (χ3v) is 5.72. The summed E-state index contributed by atoms with van der Waals surface area (Å²) in [4.78, 5) is 0. The Kier molecular flexibility index (Phi) is 21.3. The second-order valence-electron chi connectivity index (χ2n) is 6.81. The molecule has 0 aromatic heterocycles. The lowest BCUT2D eigenvalue weighted by atomic mass is 10.1. The van der Waals surface area contributed by atoms with Gasteiger partial charge in [-0.05, 0) is 48.4 Å². The molecule has 0 radical (unpaired) electrons. The Morgan fingerprint density at radius 1 is 0.722 bits per heavy atom. The van der Waals surface area contributed by atoms with Gasteiger partial charge in [-0.25, -0.2) is 0 Å². The molecule has 8 heteroatoms. The van der Waals surface area contributed by atoms with Crippen molar-refractivity contribution < 1.29 is 20.1 Å². The number of halogens is 3. The maximum absolute atomic E-state index is 9.23. The van der Waals surface area contributed by atoms with Gasteiger partial charge >= 0.3 is 0 Å². The maximum Gasteiger partial charge on any atom is 0.124 e. The highest BCUT2D eigenvalue weighted by Crippen LogP contribution is 2.30. The second-order valence-corrected chi connectivity index (χ2v) is 8.03. The lowest BCUT2D eigenvalue weighted by Gasteiger charge is -2.04. The Morgan fingerprint density at radius 2 is 1.22 bits per heavy atom. The number of nitrogens with two attached hydrogens (primary N) is 1. The van der Waals surface area contributed by atoms with E-state index in [9.17, 15) is 5.11 Å². The molecule has 4 rings (SSSR count). The van der Waals surface area contributed by atoms with Crippen molar-refractivity contribution in [2.75, 3.05) is 25.6 Å². The standard InChI is InChI=1S/C8H10ClNO.C8H9ClO2.C8H7ClO.4CH4/c9-7-2-1-3-8(10)6(7)4-5-11;9-7-2-1-3-8(11)6(7)4-5-10;9-7-2-1-3-8-6(7)4-5-10-8;;;;/h1-3,11H,4-5,10H2;1-3,10-11H,4-5H2;1-3H,4-5H2;4*1H4. The van der Waals surface area contributed by atoms with E-state index in [1.165, 1.54) is 0 Å². The van der Waals surface area contributed by atoms with Gasteiger partial charge in [0.15, 0.2) is 0 Å². The summed E-state index contributed by atoms with van der Waals surface area (Å²) >= 11 is 17.4. The van der Waals surface area contributed by atoms with Gasteiger partial charge in [-0.2, -0.15) is 0 Å². The number of nitrogen functional groups attached to an aromatic ring is 1. The first-order valence-corrected chi connectivity index (χ1v) is 11.1. The van der Waals surface area contributed by atoms with Crippen molar-refractivity contribution in [2.24, 2.45) is 0 Å². The van der Waals surface area contributed by atoms with E-state index in [0.717, 1.165) is 34.9 Å². The molecule has 1 heterocycles. The zero-order chi connectivity index (χ0) is 23.5. The van der Waals surface area contributed by atoms with Gasteiger partial charge in [0.25, 0.3) is 0 Å². The van der Waals surface area contributed by atoms with Crippen molar-refractivity contribution >= 4 is 40.5 Å². The van der Waals surface area contributed by atoms with E-state index in [1.807, 2.05) is 18.2 Å². The Morgan fingerprint density at radius 3 is 1.75 bits per heavy atom. The first-order chi connectivity index (χ1) is 15.4. The molecule has 0 amide bonds. The summed E-state index contributed by atoms with van der Waals surface area (Å²) in [6, 6.07) is 16.0. The number of hydrogen-bond acceptors (Lipinski definition) is 5. The number of aromatic hydroxyl groups is 1. The zero-order valence-corrected chi connectivity index (χ0v) is 19.7. The van der Waals surface area contributed by atoms with Crippen molar-refractivity contribution in [3.8, 4) is 11.5 Å². The topological polar surface area (TPSA) is 95.9 Å². The van der Waals surface area contributed by atoms with Crippen LogP contribution in [-0.2, 0) is 19.3 Å². The van der Waals surface area contributed by atoms with E-state index < -0.39 is 0 Å². The van der Waals surface area contributed by atoms with Gasteiger partial charge in [-0.3, -0.25) is 0 Å². The lowest BCUT2D eigenvalue weighted by Crippen LogP contribution is -1.97. The molecule has 36 heavy (non-hydrogen) atoms. The molecule has 5 nitrogen and oxygen atoms in total. The molecule has 0 atom stereocenters. The van der Waals surface area contributed by atoms with Crippen molar-refractivity contribution in [3.05, 3.63) is 86.4 Å². The van der Waals surface area contributed by atoms with E-state index in [2.05, 4.69) is 0 Å². The number of phenols is 1. The van der Waals surface area contributed by atoms with Gasteiger partial charge in [0, 0.05) is 57.9 Å². The highest BCUT2D eigenvalue weighted by atomic mass is 35.5. The number of anilines is 1. The normalized spacial score (nSPS) is 10.1. The maximum atomic E-state index is 9.23. The number of phenolic OH excluding ortho intramolecular Hbond substituents is 1. The fourth-order valence-electron chi connectivity index (χ4n) is 3.04. The number of aliphatic hydroxyl groups is 2. The molecule has 204 valence electrons. The quantitative estimate of drug-likeness (QED) is 0.243. The van der Waals surface area contributed by atoms with E-state index in [4.69, 9.17) is 55.5 Å². The summed E-state index contributed by atoms with van der Waals surface area (Å²) in [6.07, 6.45) is 1.87. The molecular weight excluding hydrogens is 521 g/mol. The Bertz CT molecular complexity index is 922. The van der Waals surface area contributed by atoms with Gasteiger partial charge < -0.3 is 25.8 Å². The number of rotatable bonds is 4. The van der Waals surface area contributed by atoms with Crippen LogP contribution < -0.4 is 10.5 Å². The monoisotopic (exact) mass is 561 g/mol. The van der Waals surface area contributed by atoms with Gasteiger partial charge in [0.1, 0.15) is 11.5 Å². The average Bonchev–Trinajstić information content (AvgIpc) is 3.25. The fraction of sp³-hybridized carbons (Fsp3) is 0.357. The number of benzene rings is 3. The predicted octanol–water partition coefficient (Wildman–Crippen LogP) is 7.86. The van der Waals surface area contributed by atoms with Crippen LogP contribution in [0.2, 0.25) is 15.1 Å². The van der Waals surface area contributed by atoms with E-state index >= 15 is 0 Å². The molecule has 1 aliphatic rings. The van der Waals surface area contributed by atoms with Gasteiger partial charge in [-0.15, -0.1) is 0 Å². The van der Waals surface area contributed by atoms with E-state index in [1.54, 1.807) is 36.4 Å². The molecule has 0 saturated heterocycles. The van der Waals surface area contributed by atoms with Gasteiger partial charge in [0.05, 0.1) is 6.61 Å². The molecular formula is C28H42Cl3NO4. The highest BCUT2D eigenvalue weighted by Gasteiger charge is 2.13. The molecule has 0 saturated carbocycles. The van der Waals surface area contributed by atoms with Crippen LogP contribution in [0.4, 0.5) is 5.69 Å². The van der Waals surface area contributed by atoms with Crippen LogP contribution in [0.5, 0.6) is 11.5 Å². The molecule has 3 aromatic carbocycles. The predicted molar refractivity (Wildman–Crippen MR) is 158 cm³/mol. The summed E-state index contributed by atoms with van der Waals surface area (Å²) in [5, 5.41) is 28.4. The third-order valence-electron chi connectivity index (χ3n) is 4.66. The lowest BCUT2D eigenvalue weighted by molar-refractivity contribution is 0.297. The molecule has 0 fully saturated rings.